The number of alkyl halides is 3. The summed E-state index contributed by atoms with van der Waals surface area (Å²) in [5, 5.41) is 0. The van der Waals surface area contributed by atoms with E-state index in [1.54, 1.807) is 11.0 Å². The molecule has 0 spiro atoms. The highest BCUT2D eigenvalue weighted by Gasteiger charge is 2.34. The Kier molecular flexibility index (Phi) is 5.18. The number of carbonyl (C=O) groups excluding carboxylic acids is 1. The van der Waals surface area contributed by atoms with Gasteiger partial charge in [-0.15, -0.1) is 0 Å². The van der Waals surface area contributed by atoms with E-state index in [-0.39, 0.29) is 19.2 Å². The molecule has 5 nitrogen and oxygen atoms in total. The van der Waals surface area contributed by atoms with Crippen molar-refractivity contribution in [3.05, 3.63) is 23.3 Å². The molecule has 3 rings (SSSR count). The smallest absolute Gasteiger partial charge is 0.410 e. The van der Waals surface area contributed by atoms with Crippen molar-refractivity contribution in [3.63, 3.8) is 0 Å². The zero-order chi connectivity index (χ0) is 19.8. The first-order chi connectivity index (χ1) is 12.5. The fourth-order valence-electron chi connectivity index (χ4n) is 3.38. The van der Waals surface area contributed by atoms with Crippen LogP contribution in [0.2, 0.25) is 0 Å². The number of benzene rings is 1. The number of ether oxygens (including phenoxy) is 2. The van der Waals surface area contributed by atoms with Gasteiger partial charge in [0.2, 0.25) is 0 Å². The van der Waals surface area contributed by atoms with Gasteiger partial charge in [-0.25, -0.2) is 4.79 Å². The van der Waals surface area contributed by atoms with Crippen molar-refractivity contribution in [1.82, 2.24) is 4.90 Å². The summed E-state index contributed by atoms with van der Waals surface area (Å²) in [7, 11) is 0. The number of nitrogens with zero attached hydrogens (tertiary/aromatic N) is 2. The number of anilines is 1. The highest BCUT2D eigenvalue weighted by atomic mass is 19.4. The topological polar surface area (TPSA) is 42.0 Å². The Morgan fingerprint density at radius 3 is 2.33 bits per heavy atom. The van der Waals surface area contributed by atoms with Gasteiger partial charge in [-0.3, -0.25) is 0 Å². The normalized spacial score (nSPS) is 17.6. The summed E-state index contributed by atoms with van der Waals surface area (Å²) in [4.78, 5) is 15.3. The third kappa shape index (κ3) is 4.99. The van der Waals surface area contributed by atoms with E-state index < -0.39 is 18.3 Å². The van der Waals surface area contributed by atoms with Crippen molar-refractivity contribution in [2.24, 2.45) is 0 Å². The molecule has 0 saturated carbocycles. The maximum absolute atomic E-state index is 12.9. The van der Waals surface area contributed by atoms with Crippen molar-refractivity contribution in [2.75, 3.05) is 37.7 Å². The third-order valence-electron chi connectivity index (χ3n) is 4.56. The number of amides is 1. The van der Waals surface area contributed by atoms with Crippen LogP contribution in [0.5, 0.6) is 5.75 Å². The Hall–Kier alpha value is -2.12. The summed E-state index contributed by atoms with van der Waals surface area (Å²) in [5.74, 6) is 0.481. The molecular formula is C19H25F3N2O3. The summed E-state index contributed by atoms with van der Waals surface area (Å²) in [6.07, 6.45) is -3.45. The van der Waals surface area contributed by atoms with Crippen molar-refractivity contribution in [2.45, 2.75) is 45.4 Å². The van der Waals surface area contributed by atoms with Gasteiger partial charge < -0.3 is 19.3 Å². The predicted octanol–water partition coefficient (Wildman–Crippen LogP) is 3.78. The van der Waals surface area contributed by atoms with Crippen LogP contribution >= 0.6 is 0 Å². The first-order valence-corrected chi connectivity index (χ1v) is 9.10. The highest BCUT2D eigenvalue weighted by molar-refractivity contribution is 5.69. The molecule has 8 heteroatoms. The van der Waals surface area contributed by atoms with Gasteiger partial charge in [-0.1, -0.05) is 0 Å². The zero-order valence-electron chi connectivity index (χ0n) is 15.9. The Labute approximate surface area is 157 Å². The molecule has 2 aliphatic rings. The van der Waals surface area contributed by atoms with Crippen LogP contribution in [0.15, 0.2) is 12.1 Å². The zero-order valence-corrected chi connectivity index (χ0v) is 15.9. The quantitative estimate of drug-likeness (QED) is 0.737. The van der Waals surface area contributed by atoms with E-state index in [2.05, 4.69) is 0 Å². The third-order valence-corrected chi connectivity index (χ3v) is 4.56. The summed E-state index contributed by atoms with van der Waals surface area (Å²) in [5.41, 5.74) is 1.87. The first-order valence-electron chi connectivity index (χ1n) is 9.10. The van der Waals surface area contributed by atoms with Crippen molar-refractivity contribution in [1.29, 1.82) is 0 Å². The minimum absolute atomic E-state index is 0.204. The molecule has 1 aromatic rings. The minimum atomic E-state index is -4.27. The van der Waals surface area contributed by atoms with Crippen molar-refractivity contribution in [3.8, 4) is 5.75 Å². The first kappa shape index (κ1) is 19.6. The van der Waals surface area contributed by atoms with Crippen LogP contribution in [0.4, 0.5) is 23.7 Å². The SMILES string of the molecule is CC(C)(C)OC(=O)N1CCc2cc3c(cc2CC1)N(CC(F)(F)F)CCO3. The van der Waals surface area contributed by atoms with Crippen LogP contribution in [-0.2, 0) is 17.6 Å². The predicted molar refractivity (Wildman–Crippen MR) is 95.4 cm³/mol. The van der Waals surface area contributed by atoms with Crippen LogP contribution in [-0.4, -0.2) is 55.6 Å². The Balaban J connectivity index is 1.78. The molecule has 0 fully saturated rings. The van der Waals surface area contributed by atoms with Gasteiger partial charge in [0.25, 0.3) is 0 Å². The van der Waals surface area contributed by atoms with Gasteiger partial charge in [0.05, 0.1) is 12.2 Å². The Bertz CT molecular complexity index is 713. The molecule has 0 radical (unpaired) electrons. The molecule has 2 aliphatic heterocycles. The van der Waals surface area contributed by atoms with Crippen molar-refractivity contribution < 1.29 is 27.4 Å². The van der Waals surface area contributed by atoms with Crippen LogP contribution in [0.3, 0.4) is 0 Å². The summed E-state index contributed by atoms with van der Waals surface area (Å²) < 4.78 is 49.7. The van der Waals surface area contributed by atoms with Gasteiger partial charge in [0, 0.05) is 13.1 Å². The van der Waals surface area contributed by atoms with Gasteiger partial charge in [0.1, 0.15) is 24.5 Å². The number of carbonyl (C=O) groups is 1. The van der Waals surface area contributed by atoms with E-state index in [4.69, 9.17) is 9.47 Å². The average molecular weight is 386 g/mol. The standard InChI is InChI=1S/C19H25F3N2O3/c1-18(2,3)27-17(25)23-6-4-13-10-15-16(11-14(13)5-7-23)26-9-8-24(15)12-19(20,21)22/h10-11H,4-9,12H2,1-3H3. The van der Waals surface area contributed by atoms with Gasteiger partial charge in [-0.2, -0.15) is 13.2 Å². The summed E-state index contributed by atoms with van der Waals surface area (Å²) in [6, 6.07) is 3.61. The maximum Gasteiger partial charge on any atom is 0.410 e. The fourth-order valence-corrected chi connectivity index (χ4v) is 3.38. The lowest BCUT2D eigenvalue weighted by Gasteiger charge is -2.32. The molecular weight excluding hydrogens is 361 g/mol. The molecule has 0 aromatic heterocycles. The minimum Gasteiger partial charge on any atom is -0.490 e. The largest absolute Gasteiger partial charge is 0.490 e. The molecule has 0 bridgehead atoms. The maximum atomic E-state index is 12.9. The molecule has 1 amide bonds. The molecule has 150 valence electrons. The molecule has 1 aromatic carbocycles. The second-order valence-corrected chi connectivity index (χ2v) is 7.94. The lowest BCUT2D eigenvalue weighted by atomic mass is 10.0. The molecule has 0 N–H and O–H groups in total. The highest BCUT2D eigenvalue weighted by Crippen LogP contribution is 2.37. The second-order valence-electron chi connectivity index (χ2n) is 7.94. The van der Waals surface area contributed by atoms with E-state index in [1.807, 2.05) is 26.8 Å². The van der Waals surface area contributed by atoms with Crippen LogP contribution < -0.4 is 9.64 Å². The Morgan fingerprint density at radius 2 is 1.74 bits per heavy atom. The molecule has 0 atom stereocenters. The monoisotopic (exact) mass is 386 g/mol. The summed E-state index contributed by atoms with van der Waals surface area (Å²) in [6.45, 7) is 5.87. The second kappa shape index (κ2) is 7.13. The molecule has 0 saturated heterocycles. The molecule has 0 aliphatic carbocycles. The van der Waals surface area contributed by atoms with E-state index in [0.717, 1.165) is 11.1 Å². The number of hydrogen-bond acceptors (Lipinski definition) is 4. The van der Waals surface area contributed by atoms with E-state index in [0.29, 0.717) is 37.4 Å². The lowest BCUT2D eigenvalue weighted by Crippen LogP contribution is -2.39. The van der Waals surface area contributed by atoms with Crippen molar-refractivity contribution >= 4 is 11.8 Å². The molecule has 27 heavy (non-hydrogen) atoms. The average Bonchev–Trinajstić information content (AvgIpc) is 2.72. The fraction of sp³-hybridized carbons (Fsp3) is 0.632. The number of rotatable bonds is 1. The number of fused-ring (bicyclic) bond motifs is 2. The van der Waals surface area contributed by atoms with Gasteiger partial charge in [0.15, 0.2) is 0 Å². The number of hydrogen-bond donors (Lipinski definition) is 0. The number of halogens is 3. The van der Waals surface area contributed by atoms with E-state index in [1.165, 1.54) is 4.90 Å². The van der Waals surface area contributed by atoms with Crippen LogP contribution in [0.1, 0.15) is 31.9 Å². The van der Waals surface area contributed by atoms with E-state index >= 15 is 0 Å². The molecule has 2 heterocycles. The Morgan fingerprint density at radius 1 is 1.11 bits per heavy atom. The van der Waals surface area contributed by atoms with Crippen LogP contribution in [0, 0.1) is 0 Å². The van der Waals surface area contributed by atoms with Gasteiger partial charge in [-0.05, 0) is 56.9 Å². The van der Waals surface area contributed by atoms with Gasteiger partial charge >= 0.3 is 12.3 Å². The molecule has 0 unspecified atom stereocenters. The summed E-state index contributed by atoms with van der Waals surface area (Å²) >= 11 is 0. The van der Waals surface area contributed by atoms with E-state index in [9.17, 15) is 18.0 Å². The van der Waals surface area contributed by atoms with Crippen LogP contribution in [0.25, 0.3) is 0 Å². The lowest BCUT2D eigenvalue weighted by molar-refractivity contribution is -0.120.